The minimum atomic E-state index is -0.444. The molecule has 0 radical (unpaired) electrons. The van der Waals surface area contributed by atoms with Crippen LogP contribution >= 0.6 is 0 Å². The Morgan fingerprint density at radius 1 is 1.15 bits per heavy atom. The van der Waals surface area contributed by atoms with Crippen LogP contribution in [0.4, 0.5) is 0 Å². The van der Waals surface area contributed by atoms with Crippen molar-refractivity contribution >= 4 is 0 Å². The van der Waals surface area contributed by atoms with Crippen LogP contribution in [0.3, 0.4) is 0 Å². The number of likely N-dealkylation sites (N-methyl/N-ethyl adjacent to an activating group) is 1. The van der Waals surface area contributed by atoms with Gasteiger partial charge in [0.1, 0.15) is 5.75 Å². The van der Waals surface area contributed by atoms with Gasteiger partial charge in [0.2, 0.25) is 0 Å². The molecule has 0 saturated heterocycles. The van der Waals surface area contributed by atoms with E-state index in [9.17, 15) is 5.11 Å². The van der Waals surface area contributed by atoms with Crippen molar-refractivity contribution in [2.75, 3.05) is 47.4 Å². The fraction of sp³-hybridized carbons (Fsp3) is 0.625. The molecule has 1 rings (SSSR count). The molecule has 0 amide bonds. The van der Waals surface area contributed by atoms with E-state index in [-0.39, 0.29) is 0 Å². The minimum absolute atomic E-state index is 0.444. The monoisotopic (exact) mass is 280 g/mol. The fourth-order valence-electron chi connectivity index (χ4n) is 2.17. The Balaban J connectivity index is 2.46. The molecule has 0 spiro atoms. The molecule has 0 aliphatic carbocycles. The highest BCUT2D eigenvalue weighted by Gasteiger charge is 2.12. The van der Waals surface area contributed by atoms with Crippen LogP contribution in [0, 0.1) is 0 Å². The number of aliphatic hydroxyl groups excluding tert-OH is 1. The van der Waals surface area contributed by atoms with E-state index in [1.807, 2.05) is 24.3 Å². The molecule has 0 aliphatic rings. The highest BCUT2D eigenvalue weighted by molar-refractivity contribution is 5.28. The second-order valence-corrected chi connectivity index (χ2v) is 5.34. The maximum atomic E-state index is 10.3. The first kappa shape index (κ1) is 17.0. The van der Waals surface area contributed by atoms with E-state index >= 15 is 0 Å². The molecule has 4 nitrogen and oxygen atoms in total. The third-order valence-corrected chi connectivity index (χ3v) is 3.46. The maximum Gasteiger partial charge on any atom is 0.118 e. The number of hydrogen-bond donors (Lipinski definition) is 1. The summed E-state index contributed by atoms with van der Waals surface area (Å²) in [6.45, 7) is 5.87. The first-order valence-electron chi connectivity index (χ1n) is 7.26. The number of rotatable bonds is 9. The van der Waals surface area contributed by atoms with Crippen LogP contribution in [0.5, 0.6) is 5.75 Å². The van der Waals surface area contributed by atoms with Gasteiger partial charge in [0.15, 0.2) is 0 Å². The third kappa shape index (κ3) is 5.90. The zero-order valence-corrected chi connectivity index (χ0v) is 13.2. The molecule has 0 heterocycles. The summed E-state index contributed by atoms with van der Waals surface area (Å²) in [6, 6.07) is 7.64. The van der Waals surface area contributed by atoms with Crippen LogP contribution in [0.25, 0.3) is 0 Å². The van der Waals surface area contributed by atoms with E-state index in [1.54, 1.807) is 7.11 Å². The average molecular weight is 280 g/mol. The molecule has 114 valence electrons. The van der Waals surface area contributed by atoms with E-state index in [2.05, 4.69) is 30.8 Å². The number of methoxy groups -OCH3 is 1. The van der Waals surface area contributed by atoms with Crippen molar-refractivity contribution in [1.82, 2.24) is 9.80 Å². The molecule has 1 aromatic carbocycles. The summed E-state index contributed by atoms with van der Waals surface area (Å²) < 4.78 is 5.13. The van der Waals surface area contributed by atoms with E-state index in [0.717, 1.165) is 37.4 Å². The van der Waals surface area contributed by atoms with E-state index in [1.165, 1.54) is 0 Å². The second-order valence-electron chi connectivity index (χ2n) is 5.34. The van der Waals surface area contributed by atoms with Crippen molar-refractivity contribution in [3.63, 3.8) is 0 Å². The van der Waals surface area contributed by atoms with Crippen molar-refractivity contribution in [2.45, 2.75) is 19.4 Å². The Labute approximate surface area is 123 Å². The largest absolute Gasteiger partial charge is 0.497 e. The summed E-state index contributed by atoms with van der Waals surface area (Å²) in [6.07, 6.45) is 0.677. The minimum Gasteiger partial charge on any atom is -0.497 e. The maximum absolute atomic E-state index is 10.3. The SMILES string of the molecule is CCN(CCCN(C)C)CC(O)c1ccc(OC)cc1. The highest BCUT2D eigenvalue weighted by atomic mass is 16.5. The molecule has 20 heavy (non-hydrogen) atoms. The molecule has 1 N–H and O–H groups in total. The van der Waals surface area contributed by atoms with E-state index in [0.29, 0.717) is 6.54 Å². The van der Waals surface area contributed by atoms with Crippen LogP contribution < -0.4 is 4.74 Å². The average Bonchev–Trinajstić information content (AvgIpc) is 2.45. The molecule has 4 heteroatoms. The summed E-state index contributed by atoms with van der Waals surface area (Å²) in [5.41, 5.74) is 0.942. The second kappa shape index (κ2) is 8.95. The highest BCUT2D eigenvalue weighted by Crippen LogP contribution is 2.18. The Bertz CT molecular complexity index is 365. The number of nitrogens with zero attached hydrogens (tertiary/aromatic N) is 2. The fourth-order valence-corrected chi connectivity index (χ4v) is 2.17. The van der Waals surface area contributed by atoms with Gasteiger partial charge < -0.3 is 19.6 Å². The van der Waals surface area contributed by atoms with E-state index < -0.39 is 6.10 Å². The van der Waals surface area contributed by atoms with Gasteiger partial charge in [0.05, 0.1) is 13.2 Å². The number of hydrogen-bond acceptors (Lipinski definition) is 4. The van der Waals surface area contributed by atoms with Gasteiger partial charge in [0.25, 0.3) is 0 Å². The standard InChI is InChI=1S/C16H28N2O2/c1-5-18(12-6-11-17(2)3)13-16(19)14-7-9-15(20-4)10-8-14/h7-10,16,19H,5-6,11-13H2,1-4H3. The summed E-state index contributed by atoms with van der Waals surface area (Å²) >= 11 is 0. The summed E-state index contributed by atoms with van der Waals surface area (Å²) in [4.78, 5) is 4.48. The van der Waals surface area contributed by atoms with Gasteiger partial charge >= 0.3 is 0 Å². The molecule has 0 aromatic heterocycles. The zero-order valence-electron chi connectivity index (χ0n) is 13.2. The van der Waals surface area contributed by atoms with Crippen molar-refractivity contribution in [3.05, 3.63) is 29.8 Å². The summed E-state index contributed by atoms with van der Waals surface area (Å²) in [5.74, 6) is 0.819. The Morgan fingerprint density at radius 3 is 2.30 bits per heavy atom. The molecule has 1 atom stereocenters. The van der Waals surface area contributed by atoms with Crippen LogP contribution in [0.1, 0.15) is 25.0 Å². The van der Waals surface area contributed by atoms with Gasteiger partial charge in [-0.2, -0.15) is 0 Å². The molecule has 1 unspecified atom stereocenters. The zero-order chi connectivity index (χ0) is 15.0. The molecule has 0 bridgehead atoms. The normalized spacial score (nSPS) is 12.9. The third-order valence-electron chi connectivity index (χ3n) is 3.46. The first-order chi connectivity index (χ1) is 9.56. The van der Waals surface area contributed by atoms with Crippen molar-refractivity contribution < 1.29 is 9.84 Å². The molecule has 1 aromatic rings. The van der Waals surface area contributed by atoms with Crippen molar-refractivity contribution in [1.29, 1.82) is 0 Å². The summed E-state index contributed by atoms with van der Waals surface area (Å²) in [5, 5.41) is 10.3. The van der Waals surface area contributed by atoms with Gasteiger partial charge in [-0.15, -0.1) is 0 Å². The van der Waals surface area contributed by atoms with Crippen LogP contribution in [0.2, 0.25) is 0 Å². The predicted molar refractivity (Wildman–Crippen MR) is 83.2 cm³/mol. The lowest BCUT2D eigenvalue weighted by Gasteiger charge is -2.24. The molecule has 0 aliphatic heterocycles. The summed E-state index contributed by atoms with van der Waals surface area (Å²) in [7, 11) is 5.82. The molecular weight excluding hydrogens is 252 g/mol. The Morgan fingerprint density at radius 2 is 1.80 bits per heavy atom. The number of benzene rings is 1. The van der Waals surface area contributed by atoms with Crippen LogP contribution in [-0.4, -0.2) is 62.3 Å². The number of aliphatic hydroxyl groups is 1. The van der Waals surface area contributed by atoms with Gasteiger partial charge in [0, 0.05) is 6.54 Å². The van der Waals surface area contributed by atoms with Crippen molar-refractivity contribution in [2.24, 2.45) is 0 Å². The lowest BCUT2D eigenvalue weighted by atomic mass is 10.1. The van der Waals surface area contributed by atoms with Gasteiger partial charge in [-0.3, -0.25) is 0 Å². The first-order valence-corrected chi connectivity index (χ1v) is 7.26. The van der Waals surface area contributed by atoms with Crippen LogP contribution in [-0.2, 0) is 0 Å². The van der Waals surface area contributed by atoms with E-state index in [4.69, 9.17) is 4.74 Å². The van der Waals surface area contributed by atoms with Gasteiger partial charge in [-0.25, -0.2) is 0 Å². The lowest BCUT2D eigenvalue weighted by Crippen LogP contribution is -2.31. The van der Waals surface area contributed by atoms with Crippen LogP contribution in [0.15, 0.2) is 24.3 Å². The number of ether oxygens (including phenoxy) is 1. The van der Waals surface area contributed by atoms with Gasteiger partial charge in [-0.05, 0) is 57.8 Å². The lowest BCUT2D eigenvalue weighted by molar-refractivity contribution is 0.114. The quantitative estimate of drug-likeness (QED) is 0.750. The molecular formula is C16H28N2O2. The van der Waals surface area contributed by atoms with Gasteiger partial charge in [-0.1, -0.05) is 19.1 Å². The molecule has 0 saturated carbocycles. The molecule has 0 fully saturated rings. The Kier molecular flexibility index (Phi) is 7.59. The van der Waals surface area contributed by atoms with Crippen molar-refractivity contribution in [3.8, 4) is 5.75 Å². The Hall–Kier alpha value is -1.10. The topological polar surface area (TPSA) is 35.9 Å². The smallest absolute Gasteiger partial charge is 0.118 e. The predicted octanol–water partition coefficient (Wildman–Crippen LogP) is 2.00.